The Labute approximate surface area is 190 Å². The Kier molecular flexibility index (Phi) is 5.70. The second-order valence-electron chi connectivity index (χ2n) is 7.18. The number of pyridine rings is 1. The number of rotatable bonds is 5. The summed E-state index contributed by atoms with van der Waals surface area (Å²) in [6.07, 6.45) is 0.714. The summed E-state index contributed by atoms with van der Waals surface area (Å²) >= 11 is 3.18. The van der Waals surface area contributed by atoms with Crippen molar-refractivity contribution in [2.24, 2.45) is 12.8 Å². The van der Waals surface area contributed by atoms with Crippen LogP contribution in [0.5, 0.6) is 11.5 Å². The Balaban J connectivity index is 1.82. The summed E-state index contributed by atoms with van der Waals surface area (Å²) < 4.78 is 22.0. The van der Waals surface area contributed by atoms with E-state index in [1.54, 1.807) is 24.3 Å². The van der Waals surface area contributed by atoms with Crippen molar-refractivity contribution in [1.82, 2.24) is 4.57 Å². The molecule has 0 unspecified atom stereocenters. The highest BCUT2D eigenvalue weighted by Gasteiger charge is 2.24. The summed E-state index contributed by atoms with van der Waals surface area (Å²) in [5.74, 6) is -1.29. The minimum atomic E-state index is -0.867. The molecule has 0 radical (unpaired) electrons. The van der Waals surface area contributed by atoms with Crippen molar-refractivity contribution in [2.75, 3.05) is 10.6 Å². The number of hydrogen-bond acceptors (Lipinski definition) is 5. The third-order valence-corrected chi connectivity index (χ3v) is 5.56. The van der Waals surface area contributed by atoms with E-state index in [1.165, 1.54) is 19.2 Å². The zero-order valence-corrected chi connectivity index (χ0v) is 18.5. The molecule has 3 aromatic rings. The molecular weight excluding hydrogens is 483 g/mol. The SMILES string of the molecule is Cn1c(Nc2ccc(Br)cc2F)c(C(N)=O)c(Oc2cccc3c2CCC(=O)N3)cc1=O. The molecule has 0 saturated carbocycles. The van der Waals surface area contributed by atoms with Gasteiger partial charge in [0.2, 0.25) is 5.91 Å². The van der Waals surface area contributed by atoms with Gasteiger partial charge in [-0.3, -0.25) is 19.0 Å². The number of nitrogens with two attached hydrogens (primary N) is 1. The summed E-state index contributed by atoms with van der Waals surface area (Å²) in [5.41, 5.74) is 6.38. The molecular formula is C22H18BrFN4O4. The summed E-state index contributed by atoms with van der Waals surface area (Å²) in [6.45, 7) is 0. The van der Waals surface area contributed by atoms with Gasteiger partial charge < -0.3 is 21.1 Å². The van der Waals surface area contributed by atoms with E-state index in [4.69, 9.17) is 10.5 Å². The quantitative estimate of drug-likeness (QED) is 0.492. The number of fused-ring (bicyclic) bond motifs is 1. The average molecular weight is 501 g/mol. The van der Waals surface area contributed by atoms with Gasteiger partial charge >= 0.3 is 0 Å². The van der Waals surface area contributed by atoms with Crippen LogP contribution >= 0.6 is 15.9 Å². The smallest absolute Gasteiger partial charge is 0.256 e. The van der Waals surface area contributed by atoms with E-state index in [2.05, 4.69) is 26.6 Å². The van der Waals surface area contributed by atoms with Crippen LogP contribution in [0.3, 0.4) is 0 Å². The summed E-state index contributed by atoms with van der Waals surface area (Å²) in [7, 11) is 1.43. The van der Waals surface area contributed by atoms with E-state index in [0.29, 0.717) is 22.3 Å². The molecule has 0 spiro atoms. The molecule has 1 aliphatic rings. The zero-order valence-electron chi connectivity index (χ0n) is 16.9. The molecule has 1 aromatic heterocycles. The summed E-state index contributed by atoms with van der Waals surface area (Å²) in [4.78, 5) is 36.7. The predicted molar refractivity (Wildman–Crippen MR) is 121 cm³/mol. The van der Waals surface area contributed by atoms with Crippen molar-refractivity contribution in [3.63, 3.8) is 0 Å². The minimum Gasteiger partial charge on any atom is -0.456 e. The molecule has 0 bridgehead atoms. The molecule has 8 nitrogen and oxygen atoms in total. The third kappa shape index (κ3) is 4.09. The number of hydrogen-bond donors (Lipinski definition) is 3. The lowest BCUT2D eigenvalue weighted by Gasteiger charge is -2.22. The number of anilines is 3. The van der Waals surface area contributed by atoms with E-state index in [1.807, 2.05) is 0 Å². The van der Waals surface area contributed by atoms with Crippen molar-refractivity contribution in [3.05, 3.63) is 74.2 Å². The number of carbonyl (C=O) groups is 2. The molecule has 4 N–H and O–H groups in total. The molecule has 0 fully saturated rings. The van der Waals surface area contributed by atoms with Gasteiger partial charge in [0, 0.05) is 35.3 Å². The van der Waals surface area contributed by atoms with E-state index in [-0.39, 0.29) is 35.1 Å². The van der Waals surface area contributed by atoms with Gasteiger partial charge in [-0.15, -0.1) is 0 Å². The Hall–Kier alpha value is -3.66. The van der Waals surface area contributed by atoms with Crippen molar-refractivity contribution >= 4 is 44.9 Å². The third-order valence-electron chi connectivity index (χ3n) is 5.06. The number of nitrogens with one attached hydrogen (secondary N) is 2. The van der Waals surface area contributed by atoms with Crippen LogP contribution in [0, 0.1) is 5.82 Å². The molecule has 0 aliphatic carbocycles. The van der Waals surface area contributed by atoms with Gasteiger partial charge in [-0.2, -0.15) is 0 Å². The molecule has 1 aliphatic heterocycles. The van der Waals surface area contributed by atoms with E-state index in [0.717, 1.165) is 16.2 Å². The summed E-state index contributed by atoms with van der Waals surface area (Å²) in [6, 6.07) is 10.5. The number of carbonyl (C=O) groups excluding carboxylic acids is 2. The Bertz CT molecular complexity index is 1320. The van der Waals surface area contributed by atoms with Gasteiger partial charge in [0.15, 0.2) is 0 Å². The lowest BCUT2D eigenvalue weighted by molar-refractivity contribution is -0.116. The van der Waals surface area contributed by atoms with Crippen molar-refractivity contribution in [3.8, 4) is 11.5 Å². The zero-order chi connectivity index (χ0) is 23.0. The maximum absolute atomic E-state index is 14.4. The first-order valence-electron chi connectivity index (χ1n) is 9.60. The minimum absolute atomic E-state index is 0.0145. The average Bonchev–Trinajstić information content (AvgIpc) is 2.73. The highest BCUT2D eigenvalue weighted by molar-refractivity contribution is 9.10. The number of aromatic nitrogens is 1. The molecule has 10 heteroatoms. The molecule has 2 heterocycles. The van der Waals surface area contributed by atoms with Crippen LogP contribution in [0.15, 0.2) is 51.7 Å². The van der Waals surface area contributed by atoms with Gasteiger partial charge in [0.05, 0.1) is 5.69 Å². The Morgan fingerprint density at radius 1 is 1.19 bits per heavy atom. The highest BCUT2D eigenvalue weighted by Crippen LogP contribution is 2.36. The van der Waals surface area contributed by atoms with Crippen LogP contribution < -0.4 is 26.7 Å². The molecule has 0 atom stereocenters. The van der Waals surface area contributed by atoms with Crippen molar-refractivity contribution in [2.45, 2.75) is 12.8 Å². The van der Waals surface area contributed by atoms with E-state index in [9.17, 15) is 18.8 Å². The van der Waals surface area contributed by atoms with Gasteiger partial charge in [0.25, 0.3) is 11.5 Å². The number of primary amides is 1. The Morgan fingerprint density at radius 2 is 1.97 bits per heavy atom. The normalized spacial score (nSPS) is 12.7. The van der Waals surface area contributed by atoms with Crippen LogP contribution in [0.4, 0.5) is 21.6 Å². The lowest BCUT2D eigenvalue weighted by Crippen LogP contribution is -2.25. The van der Waals surface area contributed by atoms with E-state index >= 15 is 0 Å². The van der Waals surface area contributed by atoms with Crippen LogP contribution in [0.25, 0.3) is 0 Å². The molecule has 32 heavy (non-hydrogen) atoms. The molecule has 2 aromatic carbocycles. The van der Waals surface area contributed by atoms with Crippen LogP contribution in [-0.4, -0.2) is 16.4 Å². The monoisotopic (exact) mass is 500 g/mol. The van der Waals surface area contributed by atoms with Crippen molar-refractivity contribution in [1.29, 1.82) is 0 Å². The number of halogens is 2. The van der Waals surface area contributed by atoms with Crippen LogP contribution in [-0.2, 0) is 18.3 Å². The second kappa shape index (κ2) is 8.46. The highest BCUT2D eigenvalue weighted by atomic mass is 79.9. The fourth-order valence-corrected chi connectivity index (χ4v) is 3.80. The summed E-state index contributed by atoms with van der Waals surface area (Å²) in [5, 5.41) is 5.55. The number of ether oxygens (including phenoxy) is 1. The first kappa shape index (κ1) is 21.6. The van der Waals surface area contributed by atoms with Crippen molar-refractivity contribution < 1.29 is 18.7 Å². The van der Waals surface area contributed by atoms with Gasteiger partial charge in [-0.1, -0.05) is 22.0 Å². The maximum Gasteiger partial charge on any atom is 0.256 e. The van der Waals surface area contributed by atoms with Gasteiger partial charge in [-0.05, 0) is 36.8 Å². The standard InChI is InChI=1S/C22H18BrFN4O4/c1-28-19(30)10-17(32-16-4-2-3-14-12(16)6-8-18(29)26-14)20(21(25)31)22(28)27-15-7-5-11(23)9-13(15)24/h2-5,7,9-10,27H,6,8H2,1H3,(H2,25,31)(H,26,29). The number of nitrogens with zero attached hydrogens (tertiary/aromatic N) is 1. The second-order valence-corrected chi connectivity index (χ2v) is 8.09. The van der Waals surface area contributed by atoms with Gasteiger partial charge in [0.1, 0.15) is 28.7 Å². The number of amides is 2. The van der Waals surface area contributed by atoms with Crippen LogP contribution in [0.1, 0.15) is 22.3 Å². The van der Waals surface area contributed by atoms with Gasteiger partial charge in [-0.25, -0.2) is 4.39 Å². The fraction of sp³-hybridized carbons (Fsp3) is 0.136. The molecule has 0 saturated heterocycles. The maximum atomic E-state index is 14.4. The predicted octanol–water partition coefficient (Wildman–Crippen LogP) is 3.81. The lowest BCUT2D eigenvalue weighted by atomic mass is 10.0. The molecule has 4 rings (SSSR count). The first-order valence-corrected chi connectivity index (χ1v) is 10.4. The number of benzene rings is 2. The molecule has 2 amide bonds. The fourth-order valence-electron chi connectivity index (χ4n) is 3.47. The van der Waals surface area contributed by atoms with E-state index < -0.39 is 17.3 Å². The topological polar surface area (TPSA) is 115 Å². The Morgan fingerprint density at radius 3 is 2.69 bits per heavy atom. The molecule has 164 valence electrons. The van der Waals surface area contributed by atoms with Crippen LogP contribution in [0.2, 0.25) is 0 Å². The first-order chi connectivity index (χ1) is 15.2. The largest absolute Gasteiger partial charge is 0.456 e.